The first kappa shape index (κ1) is 16.6. The summed E-state index contributed by atoms with van der Waals surface area (Å²) < 4.78 is 5.40. The smallest absolute Gasteiger partial charge is 0.315 e. The summed E-state index contributed by atoms with van der Waals surface area (Å²) in [6, 6.07) is 7.61. The van der Waals surface area contributed by atoms with Gasteiger partial charge in [-0.25, -0.2) is 4.79 Å². The van der Waals surface area contributed by atoms with Crippen molar-refractivity contribution in [3.05, 3.63) is 34.9 Å². The van der Waals surface area contributed by atoms with Gasteiger partial charge in [0.05, 0.1) is 12.7 Å². The Balaban J connectivity index is 1.30. The van der Waals surface area contributed by atoms with Crippen LogP contribution in [0.2, 0.25) is 5.02 Å². The Hall–Kier alpha value is -1.30. The highest BCUT2D eigenvalue weighted by atomic mass is 35.5. The third-order valence-corrected chi connectivity index (χ3v) is 4.48. The van der Waals surface area contributed by atoms with E-state index in [9.17, 15) is 9.90 Å². The van der Waals surface area contributed by atoms with E-state index in [1.807, 2.05) is 24.3 Å². The molecule has 2 aliphatic carbocycles. The number of hydrogen-bond acceptors (Lipinski definition) is 3. The number of carbonyl (C=O) groups is 1. The second-order valence-corrected chi connectivity index (χ2v) is 6.93. The third kappa shape index (κ3) is 5.37. The van der Waals surface area contributed by atoms with E-state index in [0.717, 1.165) is 12.0 Å². The minimum Gasteiger partial charge on any atom is -0.389 e. The number of urea groups is 1. The van der Waals surface area contributed by atoms with Crippen LogP contribution in [0.4, 0.5) is 4.79 Å². The van der Waals surface area contributed by atoms with Gasteiger partial charge in [0.15, 0.2) is 0 Å². The molecule has 0 aliphatic heterocycles. The zero-order valence-corrected chi connectivity index (χ0v) is 13.8. The van der Waals surface area contributed by atoms with Gasteiger partial charge >= 0.3 is 6.03 Å². The maximum Gasteiger partial charge on any atom is 0.315 e. The number of aliphatic hydroxyl groups excluding tert-OH is 1. The van der Waals surface area contributed by atoms with Crippen molar-refractivity contribution in [2.24, 2.45) is 5.92 Å². The van der Waals surface area contributed by atoms with E-state index in [1.54, 1.807) is 0 Å². The molecule has 126 valence electrons. The largest absolute Gasteiger partial charge is 0.389 e. The van der Waals surface area contributed by atoms with E-state index < -0.39 is 6.10 Å². The summed E-state index contributed by atoms with van der Waals surface area (Å²) in [5, 5.41) is 16.1. The number of carbonyl (C=O) groups excluding carboxylic acids is 1. The number of benzene rings is 1. The molecular weight excluding hydrogens is 316 g/mol. The summed E-state index contributed by atoms with van der Waals surface area (Å²) in [4.78, 5) is 11.8. The van der Waals surface area contributed by atoms with Crippen LogP contribution in [0.5, 0.6) is 0 Å². The molecule has 2 saturated carbocycles. The molecule has 2 aliphatic rings. The van der Waals surface area contributed by atoms with Gasteiger partial charge in [0.25, 0.3) is 0 Å². The van der Waals surface area contributed by atoms with Crippen molar-refractivity contribution < 1.29 is 14.6 Å². The van der Waals surface area contributed by atoms with Crippen molar-refractivity contribution >= 4 is 17.6 Å². The van der Waals surface area contributed by atoms with Crippen LogP contribution in [0, 0.1) is 5.92 Å². The van der Waals surface area contributed by atoms with Gasteiger partial charge in [-0.15, -0.1) is 0 Å². The average Bonchev–Trinajstić information content (AvgIpc) is 3.41. The molecule has 0 heterocycles. The van der Waals surface area contributed by atoms with Crippen LogP contribution in [0.25, 0.3) is 0 Å². The van der Waals surface area contributed by atoms with Gasteiger partial charge < -0.3 is 20.5 Å². The highest BCUT2D eigenvalue weighted by Crippen LogP contribution is 2.41. The zero-order chi connectivity index (χ0) is 16.2. The Morgan fingerprint density at radius 1 is 1.43 bits per heavy atom. The summed E-state index contributed by atoms with van der Waals surface area (Å²) in [6.07, 6.45) is 2.71. The molecule has 2 fully saturated rings. The quantitative estimate of drug-likeness (QED) is 0.681. The standard InChI is InChI=1S/C17H23ClN2O3/c18-13-3-1-2-12(6-13)15-7-16(15)20-17(22)19-8-14(21)10-23-9-11-4-5-11/h1-3,6,11,14-16,21H,4-5,7-10H2,(H2,19,20,22)/t14-,15+,16+/m0/s1. The molecule has 0 bridgehead atoms. The van der Waals surface area contributed by atoms with Crippen LogP contribution in [0.3, 0.4) is 0 Å². The summed E-state index contributed by atoms with van der Waals surface area (Å²) >= 11 is 5.98. The first-order valence-electron chi connectivity index (χ1n) is 8.17. The van der Waals surface area contributed by atoms with Crippen LogP contribution < -0.4 is 10.6 Å². The predicted octanol–water partition coefficient (Wildman–Crippen LogP) is 2.28. The molecule has 3 rings (SSSR count). The van der Waals surface area contributed by atoms with Gasteiger partial charge in [-0.3, -0.25) is 0 Å². The topological polar surface area (TPSA) is 70.6 Å². The Morgan fingerprint density at radius 3 is 3.00 bits per heavy atom. The fourth-order valence-corrected chi connectivity index (χ4v) is 2.80. The van der Waals surface area contributed by atoms with Gasteiger partial charge in [-0.2, -0.15) is 0 Å². The third-order valence-electron chi connectivity index (χ3n) is 4.24. The first-order chi connectivity index (χ1) is 11.1. The molecule has 23 heavy (non-hydrogen) atoms. The Bertz CT molecular complexity index is 550. The van der Waals surface area contributed by atoms with Crippen molar-refractivity contribution in [2.45, 2.75) is 37.3 Å². The average molecular weight is 339 g/mol. The molecule has 6 heteroatoms. The molecule has 2 amide bonds. The maximum absolute atomic E-state index is 11.8. The second-order valence-electron chi connectivity index (χ2n) is 6.49. The predicted molar refractivity (Wildman–Crippen MR) is 88.7 cm³/mol. The van der Waals surface area contributed by atoms with E-state index in [-0.39, 0.29) is 25.2 Å². The van der Waals surface area contributed by atoms with E-state index >= 15 is 0 Å². The van der Waals surface area contributed by atoms with Crippen molar-refractivity contribution in [3.63, 3.8) is 0 Å². The minimum absolute atomic E-state index is 0.136. The lowest BCUT2D eigenvalue weighted by Gasteiger charge is -2.13. The number of nitrogens with one attached hydrogen (secondary N) is 2. The monoisotopic (exact) mass is 338 g/mol. The minimum atomic E-state index is -0.664. The van der Waals surface area contributed by atoms with Crippen LogP contribution in [-0.2, 0) is 4.74 Å². The van der Waals surface area contributed by atoms with Crippen molar-refractivity contribution in [2.75, 3.05) is 19.8 Å². The van der Waals surface area contributed by atoms with E-state index in [1.165, 1.54) is 12.8 Å². The highest BCUT2D eigenvalue weighted by Gasteiger charge is 2.39. The SMILES string of the molecule is O=C(NC[C@H](O)COCC1CC1)N[C@@H]1C[C@@H]1c1cccc(Cl)c1. The van der Waals surface area contributed by atoms with Crippen LogP contribution >= 0.6 is 11.6 Å². The Morgan fingerprint density at radius 2 is 2.26 bits per heavy atom. The van der Waals surface area contributed by atoms with E-state index in [0.29, 0.717) is 23.5 Å². The van der Waals surface area contributed by atoms with Crippen LogP contribution in [0.1, 0.15) is 30.7 Å². The Kier molecular flexibility index (Phi) is 5.41. The molecule has 0 aromatic heterocycles. The number of halogens is 1. The molecular formula is C17H23ClN2O3. The normalized spacial score (nSPS) is 24.1. The summed E-state index contributed by atoms with van der Waals surface area (Å²) in [7, 11) is 0. The van der Waals surface area contributed by atoms with Gasteiger partial charge in [-0.05, 0) is 42.9 Å². The number of rotatable bonds is 8. The Labute approximate surface area is 141 Å². The highest BCUT2D eigenvalue weighted by molar-refractivity contribution is 6.30. The van der Waals surface area contributed by atoms with E-state index in [4.69, 9.17) is 16.3 Å². The van der Waals surface area contributed by atoms with Gasteiger partial charge in [0.2, 0.25) is 0 Å². The molecule has 0 unspecified atom stereocenters. The molecule has 0 radical (unpaired) electrons. The fraction of sp³-hybridized carbons (Fsp3) is 0.588. The summed E-state index contributed by atoms with van der Waals surface area (Å²) in [5.41, 5.74) is 1.15. The van der Waals surface area contributed by atoms with Crippen molar-refractivity contribution in [1.29, 1.82) is 0 Å². The van der Waals surface area contributed by atoms with Crippen LogP contribution in [-0.4, -0.2) is 43.0 Å². The molecule has 3 N–H and O–H groups in total. The van der Waals surface area contributed by atoms with Gasteiger partial charge in [0, 0.05) is 30.1 Å². The van der Waals surface area contributed by atoms with Crippen molar-refractivity contribution in [1.82, 2.24) is 10.6 Å². The van der Waals surface area contributed by atoms with Gasteiger partial charge in [0.1, 0.15) is 0 Å². The second kappa shape index (κ2) is 7.51. The first-order valence-corrected chi connectivity index (χ1v) is 8.55. The molecule has 0 spiro atoms. The molecule has 5 nitrogen and oxygen atoms in total. The maximum atomic E-state index is 11.8. The molecule has 3 atom stereocenters. The van der Waals surface area contributed by atoms with Gasteiger partial charge in [-0.1, -0.05) is 23.7 Å². The van der Waals surface area contributed by atoms with E-state index in [2.05, 4.69) is 10.6 Å². The molecule has 0 saturated heterocycles. The molecule has 1 aromatic rings. The number of aliphatic hydroxyl groups is 1. The lowest BCUT2D eigenvalue weighted by atomic mass is 10.1. The lowest BCUT2D eigenvalue weighted by Crippen LogP contribution is -2.42. The number of amides is 2. The zero-order valence-electron chi connectivity index (χ0n) is 13.0. The lowest BCUT2D eigenvalue weighted by molar-refractivity contribution is 0.0337. The fourth-order valence-electron chi connectivity index (χ4n) is 2.60. The molecule has 1 aromatic carbocycles. The number of hydrogen-bond donors (Lipinski definition) is 3. The van der Waals surface area contributed by atoms with Crippen LogP contribution in [0.15, 0.2) is 24.3 Å². The summed E-state index contributed by atoms with van der Waals surface area (Å²) in [5.74, 6) is 1.00. The summed E-state index contributed by atoms with van der Waals surface area (Å²) in [6.45, 7) is 1.18. The number of ether oxygens (including phenoxy) is 1. The van der Waals surface area contributed by atoms with Crippen molar-refractivity contribution in [3.8, 4) is 0 Å².